The number of carbonyl (C=O) groups is 1. The van der Waals surface area contributed by atoms with Gasteiger partial charge in [-0.05, 0) is 59.3 Å². The molecule has 0 amide bonds. The lowest BCUT2D eigenvalue weighted by Crippen LogP contribution is -2.11. The van der Waals surface area contributed by atoms with Crippen LogP contribution < -0.4 is 4.74 Å². The summed E-state index contributed by atoms with van der Waals surface area (Å²) < 4.78 is 19.4. The van der Waals surface area contributed by atoms with Crippen molar-refractivity contribution >= 4 is 32.5 Å². The van der Waals surface area contributed by atoms with Crippen molar-refractivity contribution in [2.75, 3.05) is 6.61 Å². The number of hydrogen-bond donors (Lipinski definition) is 0. The molecule has 110 valence electrons. The maximum absolute atomic E-state index is 12.8. The molecule has 0 aliphatic rings. The zero-order chi connectivity index (χ0) is 15.5. The van der Waals surface area contributed by atoms with E-state index in [2.05, 4.69) is 15.9 Å². The molecule has 0 heterocycles. The van der Waals surface area contributed by atoms with Crippen LogP contribution in [0.5, 0.6) is 5.75 Å². The monoisotopic (exact) mass is 358 g/mol. The van der Waals surface area contributed by atoms with E-state index in [4.69, 9.17) is 4.74 Å². The molecule has 0 aliphatic carbocycles. The summed E-state index contributed by atoms with van der Waals surface area (Å²) >= 11 is 3.43. The van der Waals surface area contributed by atoms with Crippen LogP contribution >= 0.6 is 15.9 Å². The van der Waals surface area contributed by atoms with Gasteiger partial charge in [-0.1, -0.05) is 28.1 Å². The number of fused-ring (bicyclic) bond motifs is 1. The van der Waals surface area contributed by atoms with Crippen LogP contribution in [0, 0.1) is 5.82 Å². The van der Waals surface area contributed by atoms with Crippen molar-refractivity contribution < 1.29 is 13.9 Å². The first-order valence-corrected chi connectivity index (χ1v) is 7.52. The molecule has 0 aliphatic heterocycles. The van der Waals surface area contributed by atoms with Crippen molar-refractivity contribution in [3.8, 4) is 5.75 Å². The van der Waals surface area contributed by atoms with Crippen molar-refractivity contribution in [3.63, 3.8) is 0 Å². The molecule has 0 atom stereocenters. The van der Waals surface area contributed by atoms with E-state index >= 15 is 0 Å². The van der Waals surface area contributed by atoms with Crippen LogP contribution in [0.25, 0.3) is 10.8 Å². The predicted molar refractivity (Wildman–Crippen MR) is 87.9 cm³/mol. The molecule has 2 nitrogen and oxygen atoms in total. The van der Waals surface area contributed by atoms with Crippen LogP contribution in [0.4, 0.5) is 4.39 Å². The number of ether oxygens (including phenoxy) is 1. The summed E-state index contributed by atoms with van der Waals surface area (Å²) in [6, 6.07) is 17.1. The summed E-state index contributed by atoms with van der Waals surface area (Å²) in [6.45, 7) is -0.0757. The zero-order valence-corrected chi connectivity index (χ0v) is 13.1. The van der Waals surface area contributed by atoms with Gasteiger partial charge in [0.2, 0.25) is 0 Å². The molecule has 4 heteroatoms. The zero-order valence-electron chi connectivity index (χ0n) is 11.6. The highest BCUT2D eigenvalue weighted by Crippen LogP contribution is 2.24. The lowest BCUT2D eigenvalue weighted by molar-refractivity contribution is 0.0921. The second-order valence-corrected chi connectivity index (χ2v) is 5.79. The minimum atomic E-state index is -0.363. The molecule has 0 unspecified atom stereocenters. The lowest BCUT2D eigenvalue weighted by Gasteiger charge is -2.07. The SMILES string of the molecule is O=C(COc1ccc2cc(Br)ccc2c1)c1ccc(F)cc1. The number of halogens is 2. The maximum atomic E-state index is 12.8. The van der Waals surface area contributed by atoms with E-state index < -0.39 is 0 Å². The number of benzene rings is 3. The second kappa shape index (κ2) is 6.28. The van der Waals surface area contributed by atoms with Gasteiger partial charge in [0.15, 0.2) is 12.4 Å². The molecule has 0 N–H and O–H groups in total. The van der Waals surface area contributed by atoms with Crippen LogP contribution in [-0.4, -0.2) is 12.4 Å². The van der Waals surface area contributed by atoms with Gasteiger partial charge in [-0.2, -0.15) is 0 Å². The fourth-order valence-electron chi connectivity index (χ4n) is 2.15. The molecule has 0 aromatic heterocycles. The van der Waals surface area contributed by atoms with E-state index in [1.807, 2.05) is 36.4 Å². The van der Waals surface area contributed by atoms with Gasteiger partial charge >= 0.3 is 0 Å². The Bertz CT molecular complexity index is 828. The highest BCUT2D eigenvalue weighted by molar-refractivity contribution is 9.10. The van der Waals surface area contributed by atoms with Gasteiger partial charge in [0.05, 0.1) is 0 Å². The topological polar surface area (TPSA) is 26.3 Å². The minimum Gasteiger partial charge on any atom is -0.485 e. The van der Waals surface area contributed by atoms with Crippen LogP contribution in [0.1, 0.15) is 10.4 Å². The standard InChI is InChI=1S/C18H12BrFO2/c19-15-5-1-14-10-17(8-4-13(14)9-15)22-11-18(21)12-2-6-16(20)7-3-12/h1-10H,11H2. The third-order valence-electron chi connectivity index (χ3n) is 3.31. The molecule has 0 saturated heterocycles. The number of Topliss-reactive ketones (excluding diaryl/α,β-unsaturated/α-hetero) is 1. The average molecular weight is 359 g/mol. The maximum Gasteiger partial charge on any atom is 0.200 e. The van der Waals surface area contributed by atoms with Crippen molar-refractivity contribution in [2.24, 2.45) is 0 Å². The molecule has 0 radical (unpaired) electrons. The molecule has 3 aromatic rings. The first-order chi connectivity index (χ1) is 10.6. The third kappa shape index (κ3) is 3.34. The molecule has 0 bridgehead atoms. The van der Waals surface area contributed by atoms with Gasteiger partial charge in [0.25, 0.3) is 0 Å². The Morgan fingerprint density at radius 1 is 0.955 bits per heavy atom. The van der Waals surface area contributed by atoms with Gasteiger partial charge in [-0.25, -0.2) is 4.39 Å². The predicted octanol–water partition coefficient (Wildman–Crippen LogP) is 5.00. The van der Waals surface area contributed by atoms with E-state index in [-0.39, 0.29) is 18.2 Å². The quantitative estimate of drug-likeness (QED) is 0.613. The van der Waals surface area contributed by atoms with Gasteiger partial charge in [-0.3, -0.25) is 4.79 Å². The first kappa shape index (κ1) is 14.7. The molecule has 0 saturated carbocycles. The normalized spacial score (nSPS) is 10.6. The van der Waals surface area contributed by atoms with Crippen LogP contribution in [0.3, 0.4) is 0 Å². The highest BCUT2D eigenvalue weighted by Gasteiger charge is 2.07. The second-order valence-electron chi connectivity index (χ2n) is 4.87. The van der Waals surface area contributed by atoms with Gasteiger partial charge < -0.3 is 4.74 Å². The largest absolute Gasteiger partial charge is 0.485 e. The first-order valence-electron chi connectivity index (χ1n) is 6.73. The summed E-state index contributed by atoms with van der Waals surface area (Å²) in [5.74, 6) is 0.0827. The van der Waals surface area contributed by atoms with Crippen molar-refractivity contribution in [1.82, 2.24) is 0 Å². The molecule has 0 spiro atoms. The summed E-state index contributed by atoms with van der Waals surface area (Å²) in [6.07, 6.45) is 0. The summed E-state index contributed by atoms with van der Waals surface area (Å²) in [4.78, 5) is 12.0. The summed E-state index contributed by atoms with van der Waals surface area (Å²) in [5.41, 5.74) is 0.436. The van der Waals surface area contributed by atoms with Crippen LogP contribution in [0.2, 0.25) is 0 Å². The summed E-state index contributed by atoms with van der Waals surface area (Å²) in [5, 5.41) is 2.13. The molecule has 3 rings (SSSR count). The van der Waals surface area contributed by atoms with Crippen molar-refractivity contribution in [2.45, 2.75) is 0 Å². The molecule has 22 heavy (non-hydrogen) atoms. The Balaban J connectivity index is 1.72. The number of hydrogen-bond acceptors (Lipinski definition) is 2. The molecule has 3 aromatic carbocycles. The van der Waals surface area contributed by atoms with E-state index in [0.717, 1.165) is 15.2 Å². The van der Waals surface area contributed by atoms with Crippen molar-refractivity contribution in [3.05, 3.63) is 76.5 Å². The van der Waals surface area contributed by atoms with E-state index in [9.17, 15) is 9.18 Å². The van der Waals surface area contributed by atoms with Gasteiger partial charge in [0.1, 0.15) is 11.6 Å². The smallest absolute Gasteiger partial charge is 0.200 e. The lowest BCUT2D eigenvalue weighted by atomic mass is 10.1. The van der Waals surface area contributed by atoms with Gasteiger partial charge in [0, 0.05) is 10.0 Å². The molecule has 0 fully saturated rings. The number of carbonyl (C=O) groups excluding carboxylic acids is 1. The Morgan fingerprint density at radius 3 is 2.41 bits per heavy atom. The number of ketones is 1. The Kier molecular flexibility index (Phi) is 4.20. The highest BCUT2D eigenvalue weighted by atomic mass is 79.9. The van der Waals surface area contributed by atoms with Crippen molar-refractivity contribution in [1.29, 1.82) is 0 Å². The Hall–Kier alpha value is -2.20. The third-order valence-corrected chi connectivity index (χ3v) is 3.80. The van der Waals surface area contributed by atoms with E-state index in [1.165, 1.54) is 24.3 Å². The fourth-order valence-corrected chi connectivity index (χ4v) is 2.53. The fraction of sp³-hybridized carbons (Fsp3) is 0.0556. The average Bonchev–Trinajstić information content (AvgIpc) is 2.53. The van der Waals surface area contributed by atoms with Gasteiger partial charge in [-0.15, -0.1) is 0 Å². The Labute approximate surface area is 135 Å². The molecular weight excluding hydrogens is 347 g/mol. The summed E-state index contributed by atoms with van der Waals surface area (Å²) in [7, 11) is 0. The Morgan fingerprint density at radius 2 is 1.64 bits per heavy atom. The van der Waals surface area contributed by atoms with Crippen LogP contribution in [0.15, 0.2) is 65.1 Å². The van der Waals surface area contributed by atoms with Crippen LogP contribution in [-0.2, 0) is 0 Å². The minimum absolute atomic E-state index is 0.0757. The van der Waals surface area contributed by atoms with E-state index in [1.54, 1.807) is 0 Å². The molecular formula is C18H12BrFO2. The van der Waals surface area contributed by atoms with E-state index in [0.29, 0.717) is 11.3 Å². The number of rotatable bonds is 4.